The van der Waals surface area contributed by atoms with E-state index in [0.717, 1.165) is 32.3 Å². The van der Waals surface area contributed by atoms with Crippen molar-refractivity contribution in [3.05, 3.63) is 12.2 Å². The van der Waals surface area contributed by atoms with Gasteiger partial charge in [0.05, 0.1) is 19.8 Å². The molecule has 1 fully saturated rings. The van der Waals surface area contributed by atoms with Crippen molar-refractivity contribution in [3.8, 4) is 0 Å². The third kappa shape index (κ3) is 9.21. The van der Waals surface area contributed by atoms with E-state index in [1.54, 1.807) is 0 Å². The average molecular weight is 312 g/mol. The van der Waals surface area contributed by atoms with Gasteiger partial charge in [0.25, 0.3) is 0 Å². The summed E-state index contributed by atoms with van der Waals surface area (Å²) in [4.78, 5) is 10.9. The van der Waals surface area contributed by atoms with Gasteiger partial charge in [-0.3, -0.25) is 4.79 Å². The zero-order valence-electron chi connectivity index (χ0n) is 14.4. The summed E-state index contributed by atoms with van der Waals surface area (Å²) < 4.78 is 16.0. The largest absolute Gasteiger partial charge is 0.469 e. The summed E-state index contributed by atoms with van der Waals surface area (Å²) in [7, 11) is 1.45. The third-order valence-electron chi connectivity index (χ3n) is 3.87. The van der Waals surface area contributed by atoms with Crippen LogP contribution in [0.2, 0.25) is 0 Å². The average Bonchev–Trinajstić information content (AvgIpc) is 2.47. The lowest BCUT2D eigenvalue weighted by Gasteiger charge is -2.34. The van der Waals surface area contributed by atoms with Crippen molar-refractivity contribution in [2.75, 3.05) is 13.7 Å². The zero-order chi connectivity index (χ0) is 16.3. The molecule has 0 saturated carbocycles. The Morgan fingerprint density at radius 1 is 1.18 bits per heavy atom. The molecule has 1 saturated heterocycles. The van der Waals surface area contributed by atoms with Crippen LogP contribution in [0.25, 0.3) is 0 Å². The maximum atomic E-state index is 10.9. The number of carbonyl (C=O) groups excluding carboxylic acids is 1. The Bertz CT molecular complexity index is 336. The van der Waals surface area contributed by atoms with Gasteiger partial charge in [-0.1, -0.05) is 37.8 Å². The minimum Gasteiger partial charge on any atom is -0.469 e. The van der Waals surface area contributed by atoms with E-state index in [2.05, 4.69) is 16.9 Å². The third-order valence-corrected chi connectivity index (χ3v) is 3.87. The van der Waals surface area contributed by atoms with Gasteiger partial charge in [0.2, 0.25) is 0 Å². The molecule has 0 radical (unpaired) electrons. The number of carbonyl (C=O) groups is 1. The van der Waals surface area contributed by atoms with Gasteiger partial charge in [0.15, 0.2) is 5.79 Å². The molecule has 0 aliphatic carbocycles. The number of esters is 1. The summed E-state index contributed by atoms with van der Waals surface area (Å²) in [5.74, 6) is -0.541. The molecular weight excluding hydrogens is 280 g/mol. The van der Waals surface area contributed by atoms with E-state index in [1.165, 1.54) is 32.8 Å². The predicted octanol–water partition coefficient (Wildman–Crippen LogP) is 4.38. The van der Waals surface area contributed by atoms with Crippen molar-refractivity contribution in [1.29, 1.82) is 0 Å². The molecule has 0 aromatic carbocycles. The van der Waals surface area contributed by atoms with Crippen LogP contribution >= 0.6 is 0 Å². The van der Waals surface area contributed by atoms with Gasteiger partial charge >= 0.3 is 5.97 Å². The lowest BCUT2D eigenvalue weighted by molar-refractivity contribution is -0.262. The van der Waals surface area contributed by atoms with Crippen LogP contribution < -0.4 is 0 Å². The molecule has 128 valence electrons. The van der Waals surface area contributed by atoms with Gasteiger partial charge in [-0.15, -0.1) is 0 Å². The molecule has 0 aromatic heterocycles. The second-order valence-corrected chi connectivity index (χ2v) is 6.36. The molecule has 0 bridgehead atoms. The molecule has 1 aliphatic heterocycles. The highest BCUT2D eigenvalue weighted by molar-refractivity contribution is 5.68. The molecule has 4 heteroatoms. The highest BCUT2D eigenvalue weighted by atomic mass is 16.7. The number of hydrogen-bond donors (Lipinski definition) is 0. The first kappa shape index (κ1) is 19.2. The van der Waals surface area contributed by atoms with Crippen molar-refractivity contribution in [3.63, 3.8) is 0 Å². The van der Waals surface area contributed by atoms with Crippen LogP contribution in [0.3, 0.4) is 0 Å². The number of methoxy groups -OCH3 is 1. The van der Waals surface area contributed by atoms with Crippen LogP contribution in [0, 0.1) is 0 Å². The normalized spacial score (nSPS) is 21.1. The van der Waals surface area contributed by atoms with E-state index < -0.39 is 5.79 Å². The Morgan fingerprint density at radius 2 is 1.86 bits per heavy atom. The lowest BCUT2D eigenvalue weighted by atomic mass is 10.1. The summed E-state index contributed by atoms with van der Waals surface area (Å²) >= 11 is 0. The minimum atomic E-state index is -0.447. The zero-order valence-corrected chi connectivity index (χ0v) is 14.4. The molecule has 0 amide bonds. The maximum Gasteiger partial charge on any atom is 0.305 e. The fraction of sp³-hybridized carbons (Fsp3) is 0.833. The van der Waals surface area contributed by atoms with Crippen LogP contribution in [0.5, 0.6) is 0 Å². The van der Waals surface area contributed by atoms with Crippen molar-refractivity contribution < 1.29 is 19.0 Å². The van der Waals surface area contributed by atoms with Crippen LogP contribution in [-0.2, 0) is 19.0 Å². The molecule has 1 rings (SSSR count). The minimum absolute atomic E-state index is 0.0938. The summed E-state index contributed by atoms with van der Waals surface area (Å²) in [6.45, 7) is 4.70. The van der Waals surface area contributed by atoms with Crippen LogP contribution in [0.1, 0.15) is 71.6 Å². The van der Waals surface area contributed by atoms with E-state index in [-0.39, 0.29) is 12.1 Å². The predicted molar refractivity (Wildman–Crippen MR) is 87.6 cm³/mol. The number of allylic oxidation sites excluding steroid dienone is 1. The Labute approximate surface area is 135 Å². The Balaban J connectivity index is 1.93. The molecule has 0 N–H and O–H groups in total. The smallest absolute Gasteiger partial charge is 0.305 e. The van der Waals surface area contributed by atoms with Crippen molar-refractivity contribution in [2.45, 2.75) is 83.5 Å². The molecule has 22 heavy (non-hydrogen) atoms. The topological polar surface area (TPSA) is 44.8 Å². The van der Waals surface area contributed by atoms with Gasteiger partial charge in [-0.05, 0) is 33.1 Å². The Kier molecular flexibility index (Phi) is 9.41. The standard InChI is InChI=1S/C18H32O4/c1-18(2)21-15-14-16(22-18)12-10-8-6-4-5-7-9-11-13-17(19)20-3/h10,12,16H,4-9,11,13-15H2,1-3H3. The molecule has 0 aromatic rings. The summed E-state index contributed by atoms with van der Waals surface area (Å²) in [5, 5.41) is 0. The van der Waals surface area contributed by atoms with E-state index >= 15 is 0 Å². The number of unbranched alkanes of at least 4 members (excludes halogenated alkanes) is 6. The first-order valence-electron chi connectivity index (χ1n) is 8.59. The van der Waals surface area contributed by atoms with Gasteiger partial charge in [-0.25, -0.2) is 0 Å². The molecular formula is C18H32O4. The first-order valence-corrected chi connectivity index (χ1v) is 8.59. The van der Waals surface area contributed by atoms with Crippen LogP contribution in [0.4, 0.5) is 0 Å². The highest BCUT2D eigenvalue weighted by Gasteiger charge is 2.27. The van der Waals surface area contributed by atoms with Gasteiger partial charge in [0.1, 0.15) is 0 Å². The van der Waals surface area contributed by atoms with E-state index in [0.29, 0.717) is 6.42 Å². The number of rotatable bonds is 10. The van der Waals surface area contributed by atoms with E-state index in [1.807, 2.05) is 13.8 Å². The maximum absolute atomic E-state index is 10.9. The van der Waals surface area contributed by atoms with Crippen LogP contribution in [0.15, 0.2) is 12.2 Å². The van der Waals surface area contributed by atoms with E-state index in [4.69, 9.17) is 9.47 Å². The lowest BCUT2D eigenvalue weighted by Crippen LogP contribution is -2.38. The number of hydrogen-bond acceptors (Lipinski definition) is 4. The summed E-state index contributed by atoms with van der Waals surface area (Å²) in [6, 6.07) is 0. The fourth-order valence-corrected chi connectivity index (χ4v) is 2.60. The second-order valence-electron chi connectivity index (χ2n) is 6.36. The highest BCUT2D eigenvalue weighted by Crippen LogP contribution is 2.22. The van der Waals surface area contributed by atoms with Crippen molar-refractivity contribution in [1.82, 2.24) is 0 Å². The molecule has 1 atom stereocenters. The fourth-order valence-electron chi connectivity index (χ4n) is 2.60. The second kappa shape index (κ2) is 10.8. The first-order chi connectivity index (χ1) is 10.5. The van der Waals surface area contributed by atoms with Gasteiger partial charge < -0.3 is 14.2 Å². The molecule has 1 aliphatic rings. The van der Waals surface area contributed by atoms with E-state index in [9.17, 15) is 4.79 Å². The Morgan fingerprint density at radius 3 is 2.55 bits per heavy atom. The number of ether oxygens (including phenoxy) is 3. The quantitative estimate of drug-likeness (QED) is 0.341. The van der Waals surface area contributed by atoms with Crippen molar-refractivity contribution in [2.24, 2.45) is 0 Å². The van der Waals surface area contributed by atoms with Crippen molar-refractivity contribution >= 4 is 5.97 Å². The van der Waals surface area contributed by atoms with Gasteiger partial charge in [-0.2, -0.15) is 0 Å². The van der Waals surface area contributed by atoms with Crippen LogP contribution in [-0.4, -0.2) is 31.6 Å². The van der Waals surface area contributed by atoms with Gasteiger partial charge in [0, 0.05) is 12.8 Å². The Hall–Kier alpha value is -0.870. The monoisotopic (exact) mass is 312 g/mol. The molecule has 1 heterocycles. The SMILES string of the molecule is COC(=O)CCCCCCCCC=CC1CCOC(C)(C)O1. The molecule has 0 spiro atoms. The molecule has 4 nitrogen and oxygen atoms in total. The summed E-state index contributed by atoms with van der Waals surface area (Å²) in [6.07, 6.45) is 14.2. The summed E-state index contributed by atoms with van der Waals surface area (Å²) in [5.41, 5.74) is 0. The molecule has 1 unspecified atom stereocenters.